The third-order valence-electron chi connectivity index (χ3n) is 2.76. The van der Waals surface area contributed by atoms with Gasteiger partial charge in [-0.15, -0.1) is 0 Å². The highest BCUT2D eigenvalue weighted by atomic mass is 35.5. The normalized spacial score (nSPS) is 10.1. The van der Waals surface area contributed by atoms with E-state index >= 15 is 0 Å². The number of carbonyl (C=O) groups is 1. The van der Waals surface area contributed by atoms with Gasteiger partial charge < -0.3 is 15.2 Å². The average Bonchev–Trinajstić information content (AvgIpc) is 2.47. The van der Waals surface area contributed by atoms with Crippen LogP contribution in [-0.4, -0.2) is 13.1 Å². The first-order valence-corrected chi connectivity index (χ1v) is 6.33. The van der Waals surface area contributed by atoms with Crippen molar-refractivity contribution in [3.63, 3.8) is 0 Å². The fourth-order valence-corrected chi connectivity index (χ4v) is 1.83. The Balaban J connectivity index is 2.02. The van der Waals surface area contributed by atoms with E-state index in [-0.39, 0.29) is 12.2 Å². The number of halogens is 1. The molecule has 0 unspecified atom stereocenters. The zero-order valence-corrected chi connectivity index (χ0v) is 11.7. The zero-order chi connectivity index (χ0) is 14.5. The molecule has 2 rings (SSSR count). The fourth-order valence-electron chi connectivity index (χ4n) is 1.65. The van der Waals surface area contributed by atoms with Gasteiger partial charge >= 0.3 is 5.97 Å². The molecule has 0 radical (unpaired) electrons. The van der Waals surface area contributed by atoms with Crippen LogP contribution in [0.3, 0.4) is 0 Å². The highest BCUT2D eigenvalue weighted by Crippen LogP contribution is 2.19. The molecule has 0 aliphatic carbocycles. The summed E-state index contributed by atoms with van der Waals surface area (Å²) in [5.41, 5.74) is 7.19. The summed E-state index contributed by atoms with van der Waals surface area (Å²) in [6, 6.07) is 11.9. The summed E-state index contributed by atoms with van der Waals surface area (Å²) < 4.78 is 10.3. The third-order valence-corrected chi connectivity index (χ3v) is 3.00. The van der Waals surface area contributed by atoms with Crippen molar-refractivity contribution in [2.45, 2.75) is 6.61 Å². The predicted octanol–water partition coefficient (Wildman–Crippen LogP) is 3.29. The second kappa shape index (κ2) is 6.30. The monoisotopic (exact) mass is 291 g/mol. The van der Waals surface area contributed by atoms with Crippen LogP contribution in [0.2, 0.25) is 5.02 Å². The van der Waals surface area contributed by atoms with Crippen LogP contribution >= 0.6 is 11.6 Å². The number of hydrogen-bond donors (Lipinski definition) is 1. The van der Waals surface area contributed by atoms with E-state index in [1.54, 1.807) is 31.4 Å². The van der Waals surface area contributed by atoms with Gasteiger partial charge in [-0.3, -0.25) is 0 Å². The maximum Gasteiger partial charge on any atom is 0.340 e. The number of methoxy groups -OCH3 is 1. The average molecular weight is 292 g/mol. The number of esters is 1. The molecule has 0 aromatic heterocycles. The van der Waals surface area contributed by atoms with Crippen molar-refractivity contribution in [3.05, 3.63) is 58.6 Å². The lowest BCUT2D eigenvalue weighted by Gasteiger charge is -2.08. The molecule has 0 saturated heterocycles. The van der Waals surface area contributed by atoms with Crippen molar-refractivity contribution < 1.29 is 14.3 Å². The first-order valence-electron chi connectivity index (χ1n) is 5.95. The fraction of sp³-hybridized carbons (Fsp3) is 0.133. The predicted molar refractivity (Wildman–Crippen MR) is 78.0 cm³/mol. The quantitative estimate of drug-likeness (QED) is 0.693. The minimum absolute atomic E-state index is 0.161. The van der Waals surface area contributed by atoms with Gasteiger partial charge in [0, 0.05) is 10.7 Å². The van der Waals surface area contributed by atoms with Crippen LogP contribution in [0.15, 0.2) is 42.5 Å². The molecule has 0 aliphatic heterocycles. The maximum absolute atomic E-state index is 11.9. The third kappa shape index (κ3) is 3.42. The molecule has 2 aromatic carbocycles. The molecule has 0 saturated carbocycles. The lowest BCUT2D eigenvalue weighted by atomic mass is 10.2. The molecular weight excluding hydrogens is 278 g/mol. The van der Waals surface area contributed by atoms with Gasteiger partial charge in [-0.1, -0.05) is 23.7 Å². The summed E-state index contributed by atoms with van der Waals surface area (Å²) in [5, 5.41) is 0.440. The van der Waals surface area contributed by atoms with Crippen molar-refractivity contribution in [3.8, 4) is 5.75 Å². The molecule has 4 nitrogen and oxygen atoms in total. The van der Waals surface area contributed by atoms with Crippen molar-refractivity contribution in [2.24, 2.45) is 0 Å². The van der Waals surface area contributed by atoms with E-state index in [1.165, 1.54) is 6.07 Å². The SMILES string of the molecule is COc1ccc(COC(=O)c2cc(Cl)ccc2N)cc1. The summed E-state index contributed by atoms with van der Waals surface area (Å²) in [6.07, 6.45) is 0. The second-order valence-corrected chi connectivity index (χ2v) is 4.59. The highest BCUT2D eigenvalue weighted by Gasteiger charge is 2.12. The highest BCUT2D eigenvalue weighted by molar-refractivity contribution is 6.31. The Kier molecular flexibility index (Phi) is 4.48. The topological polar surface area (TPSA) is 61.5 Å². The number of nitrogen functional groups attached to an aromatic ring is 1. The molecule has 0 amide bonds. The second-order valence-electron chi connectivity index (χ2n) is 4.16. The molecule has 0 atom stereocenters. The van der Waals surface area contributed by atoms with Gasteiger partial charge in [0.15, 0.2) is 0 Å². The van der Waals surface area contributed by atoms with Gasteiger partial charge in [0.05, 0.1) is 12.7 Å². The summed E-state index contributed by atoms with van der Waals surface area (Å²) in [6.45, 7) is 0.161. The number of hydrogen-bond acceptors (Lipinski definition) is 4. The van der Waals surface area contributed by atoms with Gasteiger partial charge in [-0.2, -0.15) is 0 Å². The van der Waals surface area contributed by atoms with E-state index in [9.17, 15) is 4.79 Å². The van der Waals surface area contributed by atoms with E-state index in [0.717, 1.165) is 11.3 Å². The van der Waals surface area contributed by atoms with Gasteiger partial charge in [0.2, 0.25) is 0 Å². The molecule has 0 fully saturated rings. The number of ether oxygens (including phenoxy) is 2. The van der Waals surface area contributed by atoms with Crippen molar-refractivity contribution in [1.29, 1.82) is 0 Å². The van der Waals surface area contributed by atoms with E-state index in [1.807, 2.05) is 12.1 Å². The minimum atomic E-state index is -0.499. The molecular formula is C15H14ClNO3. The Morgan fingerprint density at radius 3 is 2.55 bits per heavy atom. The number of benzene rings is 2. The Labute approximate surface area is 122 Å². The largest absolute Gasteiger partial charge is 0.497 e. The van der Waals surface area contributed by atoms with Gasteiger partial charge in [0.1, 0.15) is 12.4 Å². The molecule has 104 valence electrons. The summed E-state index contributed by atoms with van der Waals surface area (Å²) in [4.78, 5) is 11.9. The van der Waals surface area contributed by atoms with Gasteiger partial charge in [-0.05, 0) is 35.9 Å². The first-order chi connectivity index (χ1) is 9.60. The first kappa shape index (κ1) is 14.2. The lowest BCUT2D eigenvalue weighted by molar-refractivity contribution is 0.0474. The Morgan fingerprint density at radius 2 is 1.90 bits per heavy atom. The van der Waals surface area contributed by atoms with Crippen molar-refractivity contribution >= 4 is 23.3 Å². The number of rotatable bonds is 4. The zero-order valence-electron chi connectivity index (χ0n) is 10.9. The summed E-state index contributed by atoms with van der Waals surface area (Å²) in [7, 11) is 1.59. The van der Waals surface area contributed by atoms with Crippen LogP contribution in [0.4, 0.5) is 5.69 Å². The Bertz CT molecular complexity index is 611. The number of nitrogens with two attached hydrogens (primary N) is 1. The van der Waals surface area contributed by atoms with Crippen LogP contribution < -0.4 is 10.5 Å². The van der Waals surface area contributed by atoms with Crippen molar-refractivity contribution in [2.75, 3.05) is 12.8 Å². The standard InChI is InChI=1S/C15H14ClNO3/c1-19-12-5-2-10(3-6-12)9-20-15(18)13-8-11(16)4-7-14(13)17/h2-8H,9,17H2,1H3. The molecule has 5 heteroatoms. The summed E-state index contributed by atoms with van der Waals surface area (Å²) in [5.74, 6) is 0.250. The van der Waals surface area contributed by atoms with E-state index < -0.39 is 5.97 Å². The minimum Gasteiger partial charge on any atom is -0.497 e. The molecule has 0 heterocycles. The molecule has 0 aliphatic rings. The van der Waals surface area contributed by atoms with E-state index in [4.69, 9.17) is 26.8 Å². The van der Waals surface area contributed by atoms with Crippen LogP contribution in [0.25, 0.3) is 0 Å². The van der Waals surface area contributed by atoms with Gasteiger partial charge in [0.25, 0.3) is 0 Å². The maximum atomic E-state index is 11.9. The van der Waals surface area contributed by atoms with Crippen LogP contribution in [0.5, 0.6) is 5.75 Å². The Hall–Kier alpha value is -2.20. The van der Waals surface area contributed by atoms with Crippen LogP contribution in [0.1, 0.15) is 15.9 Å². The smallest absolute Gasteiger partial charge is 0.340 e. The molecule has 20 heavy (non-hydrogen) atoms. The number of carbonyl (C=O) groups excluding carboxylic acids is 1. The van der Waals surface area contributed by atoms with Crippen molar-refractivity contribution in [1.82, 2.24) is 0 Å². The van der Waals surface area contributed by atoms with E-state index in [2.05, 4.69) is 0 Å². The number of anilines is 1. The van der Waals surface area contributed by atoms with Crippen LogP contribution in [0, 0.1) is 0 Å². The molecule has 0 bridgehead atoms. The summed E-state index contributed by atoms with van der Waals surface area (Å²) >= 11 is 5.83. The molecule has 2 aromatic rings. The lowest BCUT2D eigenvalue weighted by Crippen LogP contribution is -2.08. The molecule has 0 spiro atoms. The van der Waals surface area contributed by atoms with E-state index in [0.29, 0.717) is 10.7 Å². The van der Waals surface area contributed by atoms with Gasteiger partial charge in [-0.25, -0.2) is 4.79 Å². The Morgan fingerprint density at radius 1 is 1.20 bits per heavy atom. The molecule has 2 N–H and O–H groups in total. The van der Waals surface area contributed by atoms with Crippen LogP contribution in [-0.2, 0) is 11.3 Å².